The van der Waals surface area contributed by atoms with Gasteiger partial charge in [0.05, 0.1) is 6.10 Å². The second kappa shape index (κ2) is 23.2. The fourth-order valence-corrected chi connectivity index (χ4v) is 27.3. The molecule has 2 saturated heterocycles. The largest absolute Gasteiger partial charge is 0.407 e. The summed E-state index contributed by atoms with van der Waals surface area (Å²) in [5.41, 5.74) is -2.68. The van der Waals surface area contributed by atoms with Crippen molar-refractivity contribution in [2.75, 3.05) is 19.8 Å². The van der Waals surface area contributed by atoms with Crippen LogP contribution in [0.15, 0.2) is 182 Å². The highest BCUT2D eigenvalue weighted by molar-refractivity contribution is 7.00. The van der Waals surface area contributed by atoms with E-state index in [9.17, 15) is 5.11 Å². The van der Waals surface area contributed by atoms with Gasteiger partial charge in [0.1, 0.15) is 11.7 Å². The Balaban J connectivity index is 1.08. The van der Waals surface area contributed by atoms with Crippen molar-refractivity contribution in [2.24, 2.45) is 11.3 Å². The van der Waals surface area contributed by atoms with Crippen molar-refractivity contribution < 1.29 is 32.7 Å². The van der Waals surface area contributed by atoms with Crippen LogP contribution >= 0.6 is 0 Å². The molecule has 7 nitrogen and oxygen atoms in total. The first-order valence-electron chi connectivity index (χ1n) is 28.3. The second-order valence-electron chi connectivity index (χ2n) is 26.1. The quantitative estimate of drug-likeness (QED) is 0.0763. The van der Waals surface area contributed by atoms with E-state index in [1.54, 1.807) is 6.92 Å². The first kappa shape index (κ1) is 58.5. The fourth-order valence-electron chi connectivity index (χ4n) is 13.2. The molecule has 0 bridgehead atoms. The summed E-state index contributed by atoms with van der Waals surface area (Å²) in [6.07, 6.45) is 2.62. The molecule has 0 radical (unpaired) electrons. The van der Waals surface area contributed by atoms with Crippen LogP contribution in [0.1, 0.15) is 122 Å². The first-order valence-corrected chi connectivity index (χ1v) is 34.0. The zero-order chi connectivity index (χ0) is 55.4. The molecule has 6 aromatic carbocycles. The Labute approximate surface area is 465 Å². The van der Waals surface area contributed by atoms with Gasteiger partial charge >= 0.3 is 0 Å². The number of hydrogen-bond acceptors (Lipinski definition) is 7. The number of aliphatic hydroxyl groups is 1. The molecule has 2 aliphatic rings. The Morgan fingerprint density at radius 1 is 0.506 bits per heavy atom. The number of ether oxygens (including phenoxy) is 2. The van der Waals surface area contributed by atoms with Gasteiger partial charge in [-0.15, -0.1) is 0 Å². The van der Waals surface area contributed by atoms with Crippen molar-refractivity contribution in [2.45, 2.75) is 160 Å². The molecule has 0 aromatic heterocycles. The van der Waals surface area contributed by atoms with Gasteiger partial charge < -0.3 is 27.9 Å². The molecule has 0 amide bonds. The number of carbonyl (C=O) groups excluding carboxylic acids is 1. The van der Waals surface area contributed by atoms with E-state index in [0.29, 0.717) is 25.9 Å². The molecule has 10 heteroatoms. The minimum Gasteiger partial charge on any atom is -0.407 e. The molecule has 0 unspecified atom stereocenters. The van der Waals surface area contributed by atoms with Crippen molar-refractivity contribution in [3.63, 3.8) is 0 Å². The molecule has 2 fully saturated rings. The number of Topliss-reactive ketones (excluding diaryl/α,β-unsaturated/α-hetero) is 1. The Hall–Kier alpha value is -4.60. The summed E-state index contributed by atoms with van der Waals surface area (Å²) in [5.74, 6) is -1.19. The third-order valence-electron chi connectivity index (χ3n) is 16.9. The van der Waals surface area contributed by atoms with Crippen LogP contribution in [0.5, 0.6) is 0 Å². The summed E-state index contributed by atoms with van der Waals surface area (Å²) in [7, 11) is -8.96. The van der Waals surface area contributed by atoms with Crippen molar-refractivity contribution >= 4 is 61.9 Å². The van der Waals surface area contributed by atoms with Crippen molar-refractivity contribution in [3.8, 4) is 0 Å². The molecule has 1 N–H and O–H groups in total. The van der Waals surface area contributed by atoms with E-state index in [4.69, 9.17) is 22.8 Å². The van der Waals surface area contributed by atoms with Crippen LogP contribution in [-0.2, 0) is 27.5 Å². The normalized spacial score (nSPS) is 20.2. The number of hydrogen-bond donors (Lipinski definition) is 1. The summed E-state index contributed by atoms with van der Waals surface area (Å²) >= 11 is 0. The van der Waals surface area contributed by atoms with E-state index < -0.39 is 47.9 Å². The highest BCUT2D eigenvalue weighted by atomic mass is 28.4. The van der Waals surface area contributed by atoms with E-state index in [1.165, 1.54) is 10.4 Å². The lowest BCUT2D eigenvalue weighted by molar-refractivity contribution is -0.277. The average Bonchev–Trinajstić information content (AvgIpc) is 3.81. The first-order chi connectivity index (χ1) is 36.4. The van der Waals surface area contributed by atoms with Gasteiger partial charge in [0.2, 0.25) is 0 Å². The molecular weight excluding hydrogens is 1000 g/mol. The van der Waals surface area contributed by atoms with Crippen LogP contribution in [0.25, 0.3) is 0 Å². The molecule has 2 aliphatic heterocycles. The zero-order valence-electron chi connectivity index (χ0n) is 48.3. The topological polar surface area (TPSA) is 83.5 Å². The monoisotopic (exact) mass is 1090 g/mol. The number of rotatable bonds is 20. The van der Waals surface area contributed by atoms with Gasteiger partial charge in [-0.25, -0.2) is 0 Å². The third kappa shape index (κ3) is 12.0. The Kier molecular flexibility index (Phi) is 17.7. The van der Waals surface area contributed by atoms with E-state index >= 15 is 4.79 Å². The van der Waals surface area contributed by atoms with Crippen LogP contribution in [-0.4, -0.2) is 79.3 Å². The van der Waals surface area contributed by atoms with Gasteiger partial charge in [-0.2, -0.15) is 0 Å². The molecule has 77 heavy (non-hydrogen) atoms. The maximum atomic E-state index is 15.3. The smallest absolute Gasteiger partial charge is 0.261 e. The summed E-state index contributed by atoms with van der Waals surface area (Å²) in [4.78, 5) is 15.3. The van der Waals surface area contributed by atoms with Crippen molar-refractivity contribution in [1.82, 2.24) is 0 Å². The fraction of sp³-hybridized carbons (Fsp3) is 0.448. The predicted octanol–water partition coefficient (Wildman–Crippen LogP) is 11.5. The molecule has 410 valence electrons. The Morgan fingerprint density at radius 3 is 1.16 bits per heavy atom. The van der Waals surface area contributed by atoms with Gasteiger partial charge in [-0.3, -0.25) is 4.79 Å². The summed E-state index contributed by atoms with van der Waals surface area (Å²) in [6, 6.07) is 64.2. The minimum absolute atomic E-state index is 0.0575. The zero-order valence-corrected chi connectivity index (χ0v) is 51.3. The average molecular weight is 1090 g/mol. The highest BCUT2D eigenvalue weighted by Gasteiger charge is 2.57. The summed E-state index contributed by atoms with van der Waals surface area (Å²) in [6.45, 7) is 27.7. The second-order valence-corrected chi connectivity index (χ2v) is 39.0. The Morgan fingerprint density at radius 2 is 0.831 bits per heavy atom. The SMILES string of the molecule is C[C@@H](CO[Si](c1ccccc1)(c1ccccc1)C(C)(C)C)[C@@H]1CCC[C@]2(CC[C@@H](C(=O)[C@](C)(O)CC(C)(CO[Si](c3ccccc3)(c3ccccc3)C(C)(C)C)CO[Si](c3ccccc3)(c3ccccc3)C(C)(C)C)O2)O1. The lowest BCUT2D eigenvalue weighted by Crippen LogP contribution is -2.68. The van der Waals surface area contributed by atoms with Crippen LogP contribution in [0.4, 0.5) is 0 Å². The number of carbonyl (C=O) groups is 1. The van der Waals surface area contributed by atoms with Gasteiger partial charge in [0, 0.05) is 44.0 Å². The summed E-state index contributed by atoms with van der Waals surface area (Å²) in [5, 5.41) is 19.4. The lowest BCUT2D eigenvalue weighted by atomic mass is 9.77. The van der Waals surface area contributed by atoms with E-state index in [1.807, 2.05) is 0 Å². The van der Waals surface area contributed by atoms with Crippen LogP contribution in [0.3, 0.4) is 0 Å². The molecule has 1 spiro atoms. The van der Waals surface area contributed by atoms with Crippen molar-refractivity contribution in [1.29, 1.82) is 0 Å². The molecule has 0 aliphatic carbocycles. The molecular formula is C67H88O7Si3. The van der Waals surface area contributed by atoms with Gasteiger partial charge in [0.15, 0.2) is 11.6 Å². The van der Waals surface area contributed by atoms with Gasteiger partial charge in [-0.05, 0) is 78.8 Å². The van der Waals surface area contributed by atoms with E-state index in [-0.39, 0.29) is 52.6 Å². The lowest BCUT2D eigenvalue weighted by Gasteiger charge is -2.48. The standard InChI is InChI=1S/C67H88O7Si3/c1-52(48-70-75(62(2,3)4,53-32-19-13-20-33-53)54-34-21-14-22-35-54)59-44-31-46-67(73-59)47-45-60(74-67)61(68)66(12,69)49-65(11,50-71-76(63(5,6)7,55-36-23-15-24-37-55)56-38-25-16-26-39-56)51-72-77(64(8,9)10,57-40-27-17-28-41-57)58-42-29-18-30-43-58/h13-30,32-43,52,59-60,69H,31,44-51H2,1-12H3/t52-,59-,60-,66+,67-/m0/s1. The van der Waals surface area contributed by atoms with Crippen LogP contribution in [0, 0.1) is 11.3 Å². The molecule has 8 rings (SSSR count). The Bertz CT molecular complexity index is 2590. The maximum absolute atomic E-state index is 15.3. The van der Waals surface area contributed by atoms with Crippen molar-refractivity contribution in [3.05, 3.63) is 182 Å². The molecule has 5 atom stereocenters. The number of ketones is 1. The van der Waals surface area contributed by atoms with Gasteiger partial charge in [-0.1, -0.05) is 258 Å². The van der Waals surface area contributed by atoms with E-state index in [0.717, 1.165) is 33.6 Å². The molecule has 6 aromatic rings. The van der Waals surface area contributed by atoms with Crippen LogP contribution < -0.4 is 31.1 Å². The van der Waals surface area contributed by atoms with E-state index in [2.05, 4.69) is 258 Å². The van der Waals surface area contributed by atoms with Crippen LogP contribution in [0.2, 0.25) is 15.1 Å². The molecule has 0 saturated carbocycles. The predicted molar refractivity (Wildman–Crippen MR) is 324 cm³/mol. The minimum atomic E-state index is -3.09. The van der Waals surface area contributed by atoms with Gasteiger partial charge in [0.25, 0.3) is 25.0 Å². The highest BCUT2D eigenvalue weighted by Crippen LogP contribution is 2.46. The summed E-state index contributed by atoms with van der Waals surface area (Å²) < 4.78 is 37.0. The number of benzene rings is 6. The molecule has 2 heterocycles. The maximum Gasteiger partial charge on any atom is 0.261 e. The third-order valence-corrected chi connectivity index (χ3v) is 31.8.